The molecular formula is C33H37F3N2O5S. The standard InChI is InChI=1S/C33H37F3N2O5S/c1-4-16-32(17-15-23-9-6-5-7-10-23)21-28(39)27(30(40)43-32)20-31(2,3)19-24-11-8-12-26(18-24)38-44(41,42)29-14-13-25(22-37-29)33(34,35)36/h5-14,18,22,38-39H,4,15-17,19-21H2,1-3H3. The van der Waals surface area contributed by atoms with E-state index in [-0.39, 0.29) is 29.9 Å². The van der Waals surface area contributed by atoms with Gasteiger partial charge in [-0.3, -0.25) is 4.72 Å². The Labute approximate surface area is 256 Å². The zero-order chi connectivity index (χ0) is 32.2. The number of pyridine rings is 1. The van der Waals surface area contributed by atoms with Gasteiger partial charge >= 0.3 is 12.1 Å². The molecule has 2 aromatic carbocycles. The molecule has 2 heterocycles. The number of aromatic nitrogens is 1. The highest BCUT2D eigenvalue weighted by Crippen LogP contribution is 2.41. The second kappa shape index (κ2) is 13.0. The SMILES string of the molecule is CCCC1(CCc2ccccc2)CC(O)=C(CC(C)(C)Cc2cccc(NS(=O)(=O)c3ccc(C(F)(F)F)cn3)c2)C(=O)O1. The van der Waals surface area contributed by atoms with Crippen molar-refractivity contribution in [2.45, 2.75) is 82.5 Å². The van der Waals surface area contributed by atoms with Gasteiger partial charge < -0.3 is 9.84 Å². The summed E-state index contributed by atoms with van der Waals surface area (Å²) in [5.41, 5.74) is -0.00531. The van der Waals surface area contributed by atoms with Gasteiger partial charge in [0, 0.05) is 18.3 Å². The van der Waals surface area contributed by atoms with Crippen LogP contribution in [0.3, 0.4) is 0 Å². The first kappa shape index (κ1) is 33.0. The number of rotatable bonds is 12. The Hall–Kier alpha value is -3.86. The van der Waals surface area contributed by atoms with E-state index in [1.165, 1.54) is 6.07 Å². The van der Waals surface area contributed by atoms with Gasteiger partial charge in [0.25, 0.3) is 10.0 Å². The van der Waals surface area contributed by atoms with E-state index in [1.807, 2.05) is 51.1 Å². The number of ether oxygens (including phenoxy) is 1. The summed E-state index contributed by atoms with van der Waals surface area (Å²) in [6.07, 6.45) is -0.486. The summed E-state index contributed by atoms with van der Waals surface area (Å²) >= 11 is 0. The number of aliphatic hydroxyl groups is 1. The van der Waals surface area contributed by atoms with Crippen LogP contribution in [0.2, 0.25) is 0 Å². The number of cyclic esters (lactones) is 1. The number of carbonyl (C=O) groups is 1. The Morgan fingerprint density at radius 1 is 0.977 bits per heavy atom. The predicted octanol–water partition coefficient (Wildman–Crippen LogP) is 7.79. The Morgan fingerprint density at radius 3 is 2.30 bits per heavy atom. The summed E-state index contributed by atoms with van der Waals surface area (Å²) in [5.74, 6) is -0.477. The summed E-state index contributed by atoms with van der Waals surface area (Å²) in [4.78, 5) is 16.8. The van der Waals surface area contributed by atoms with Crippen LogP contribution in [-0.2, 0) is 38.6 Å². The topological polar surface area (TPSA) is 106 Å². The van der Waals surface area contributed by atoms with Crippen molar-refractivity contribution in [1.29, 1.82) is 0 Å². The zero-order valence-electron chi connectivity index (χ0n) is 24.9. The molecule has 11 heteroatoms. The molecule has 1 aromatic heterocycles. The van der Waals surface area contributed by atoms with E-state index in [1.54, 1.807) is 18.2 Å². The van der Waals surface area contributed by atoms with E-state index in [9.17, 15) is 31.5 Å². The molecule has 2 N–H and O–H groups in total. The minimum atomic E-state index is -4.63. The smallest absolute Gasteiger partial charge is 0.417 e. The molecule has 0 spiro atoms. The van der Waals surface area contributed by atoms with Crippen molar-refractivity contribution in [2.75, 3.05) is 4.72 Å². The van der Waals surface area contributed by atoms with E-state index < -0.39 is 43.8 Å². The van der Waals surface area contributed by atoms with Gasteiger partial charge in [0.15, 0.2) is 5.03 Å². The van der Waals surface area contributed by atoms with Gasteiger partial charge in [-0.1, -0.05) is 69.7 Å². The van der Waals surface area contributed by atoms with Gasteiger partial charge in [-0.05, 0) is 72.9 Å². The number of hydrogen-bond donors (Lipinski definition) is 2. The van der Waals surface area contributed by atoms with Crippen LogP contribution < -0.4 is 4.72 Å². The molecule has 7 nitrogen and oxygen atoms in total. The van der Waals surface area contributed by atoms with E-state index in [4.69, 9.17) is 4.74 Å². The molecule has 0 amide bonds. The maximum absolute atomic E-state index is 13.3. The molecule has 1 aliphatic rings. The van der Waals surface area contributed by atoms with Gasteiger partial charge in [0.2, 0.25) is 0 Å². The fourth-order valence-corrected chi connectivity index (χ4v) is 6.61. The zero-order valence-corrected chi connectivity index (χ0v) is 25.8. The number of aliphatic hydroxyl groups excluding tert-OH is 1. The highest BCUT2D eigenvalue weighted by Gasteiger charge is 2.42. The van der Waals surface area contributed by atoms with Crippen LogP contribution in [0, 0.1) is 5.41 Å². The van der Waals surface area contributed by atoms with Crippen LogP contribution in [0.1, 0.15) is 69.6 Å². The van der Waals surface area contributed by atoms with Crippen molar-refractivity contribution in [1.82, 2.24) is 4.98 Å². The molecule has 1 atom stereocenters. The molecule has 236 valence electrons. The highest BCUT2D eigenvalue weighted by molar-refractivity contribution is 7.92. The van der Waals surface area contributed by atoms with Crippen LogP contribution in [0.25, 0.3) is 0 Å². The minimum Gasteiger partial charge on any atom is -0.512 e. The summed E-state index contributed by atoms with van der Waals surface area (Å²) in [7, 11) is -4.24. The molecule has 1 aliphatic heterocycles. The van der Waals surface area contributed by atoms with Gasteiger partial charge in [0.05, 0.1) is 11.1 Å². The largest absolute Gasteiger partial charge is 0.512 e. The molecule has 3 aromatic rings. The van der Waals surface area contributed by atoms with Gasteiger partial charge in [-0.15, -0.1) is 0 Å². The molecule has 0 saturated carbocycles. The molecule has 0 fully saturated rings. The Morgan fingerprint density at radius 2 is 1.68 bits per heavy atom. The number of hydrogen-bond acceptors (Lipinski definition) is 6. The quantitative estimate of drug-likeness (QED) is 0.198. The number of carbonyl (C=O) groups excluding carboxylic acids is 1. The van der Waals surface area contributed by atoms with E-state index in [0.29, 0.717) is 31.5 Å². The third kappa shape index (κ3) is 8.40. The second-order valence-corrected chi connectivity index (χ2v) is 13.7. The summed E-state index contributed by atoms with van der Waals surface area (Å²) in [6, 6.07) is 18.0. The Kier molecular flexibility index (Phi) is 9.77. The number of sulfonamides is 1. The number of alkyl halides is 3. The van der Waals surface area contributed by atoms with E-state index >= 15 is 0 Å². The first-order valence-corrected chi connectivity index (χ1v) is 15.9. The average molecular weight is 631 g/mol. The minimum absolute atomic E-state index is 0.0430. The van der Waals surface area contributed by atoms with Crippen LogP contribution in [-0.4, -0.2) is 30.1 Å². The molecule has 1 unspecified atom stereocenters. The number of nitrogens with one attached hydrogen (secondary N) is 1. The van der Waals surface area contributed by atoms with Crippen molar-refractivity contribution in [3.8, 4) is 0 Å². The Bertz CT molecular complexity index is 1600. The first-order valence-electron chi connectivity index (χ1n) is 14.4. The maximum Gasteiger partial charge on any atom is 0.417 e. The normalized spacial score (nSPS) is 17.8. The van der Waals surface area contributed by atoms with Crippen molar-refractivity contribution >= 4 is 21.7 Å². The lowest BCUT2D eigenvalue weighted by atomic mass is 9.77. The van der Waals surface area contributed by atoms with Crippen LogP contribution in [0.4, 0.5) is 18.9 Å². The molecule has 0 bridgehead atoms. The third-order valence-corrected chi connectivity index (χ3v) is 8.96. The molecule has 0 radical (unpaired) electrons. The predicted molar refractivity (Wildman–Crippen MR) is 161 cm³/mol. The van der Waals surface area contributed by atoms with Crippen molar-refractivity contribution in [3.63, 3.8) is 0 Å². The lowest BCUT2D eigenvalue weighted by molar-refractivity contribution is -0.161. The first-order chi connectivity index (χ1) is 20.6. The molecule has 44 heavy (non-hydrogen) atoms. The number of halogens is 3. The van der Waals surface area contributed by atoms with Crippen LogP contribution in [0.15, 0.2) is 89.3 Å². The number of aryl methyl sites for hydroxylation is 1. The molecule has 4 rings (SSSR count). The fraction of sp³-hybridized carbons (Fsp3) is 0.394. The van der Waals surface area contributed by atoms with Crippen LogP contribution >= 0.6 is 0 Å². The number of esters is 1. The van der Waals surface area contributed by atoms with Gasteiger partial charge in [-0.2, -0.15) is 21.6 Å². The van der Waals surface area contributed by atoms with Crippen molar-refractivity contribution < 1.29 is 36.2 Å². The van der Waals surface area contributed by atoms with E-state index in [2.05, 4.69) is 9.71 Å². The monoisotopic (exact) mass is 630 g/mol. The van der Waals surface area contributed by atoms with Crippen molar-refractivity contribution in [3.05, 3.63) is 101 Å². The highest BCUT2D eigenvalue weighted by atomic mass is 32.2. The third-order valence-electron chi connectivity index (χ3n) is 7.67. The summed E-state index contributed by atoms with van der Waals surface area (Å²) in [6.45, 7) is 5.89. The molecular weight excluding hydrogens is 593 g/mol. The van der Waals surface area contributed by atoms with Crippen LogP contribution in [0.5, 0.6) is 0 Å². The fourth-order valence-electron chi connectivity index (χ4n) is 5.63. The maximum atomic E-state index is 13.3. The second-order valence-electron chi connectivity index (χ2n) is 12.1. The number of nitrogens with zero attached hydrogens (tertiary/aromatic N) is 1. The molecule has 0 saturated heterocycles. The number of benzene rings is 2. The number of anilines is 1. The van der Waals surface area contributed by atoms with Crippen molar-refractivity contribution in [2.24, 2.45) is 5.41 Å². The van der Waals surface area contributed by atoms with Gasteiger partial charge in [0.1, 0.15) is 11.4 Å². The summed E-state index contributed by atoms with van der Waals surface area (Å²) < 4.78 is 72.5. The van der Waals surface area contributed by atoms with E-state index in [0.717, 1.165) is 30.0 Å². The average Bonchev–Trinajstić information content (AvgIpc) is 2.94. The lowest BCUT2D eigenvalue weighted by Crippen LogP contribution is -2.41. The Balaban J connectivity index is 1.45. The lowest BCUT2D eigenvalue weighted by Gasteiger charge is -2.38. The molecule has 0 aliphatic carbocycles. The van der Waals surface area contributed by atoms with Gasteiger partial charge in [-0.25, -0.2) is 9.78 Å². The summed E-state index contributed by atoms with van der Waals surface area (Å²) in [5, 5.41) is 10.6.